The predicted octanol–water partition coefficient (Wildman–Crippen LogP) is 1.87. The molecule has 0 spiro atoms. The number of rotatable bonds is 3. The average Bonchev–Trinajstić information content (AvgIpc) is 3.00. The fourth-order valence-corrected chi connectivity index (χ4v) is 2.82. The smallest absolute Gasteiger partial charge is 0.322 e. The number of fused-ring (bicyclic) bond motifs is 1. The maximum atomic E-state index is 12.4. The molecule has 0 saturated carbocycles. The lowest BCUT2D eigenvalue weighted by Crippen LogP contribution is -2.34. The molecule has 7 heteroatoms. The van der Waals surface area contributed by atoms with Gasteiger partial charge in [0.15, 0.2) is 0 Å². The van der Waals surface area contributed by atoms with Crippen molar-refractivity contribution in [1.29, 1.82) is 0 Å². The van der Waals surface area contributed by atoms with E-state index in [1.54, 1.807) is 4.90 Å². The van der Waals surface area contributed by atoms with E-state index in [-0.39, 0.29) is 24.8 Å². The molecule has 124 valence electrons. The number of benzene rings is 1. The number of H-pyrrole nitrogens is 1. The molecule has 1 aliphatic rings. The number of aryl methyl sites for hydroxylation is 1. The first-order valence-electron chi connectivity index (χ1n) is 7.78. The van der Waals surface area contributed by atoms with Crippen LogP contribution in [0.5, 0.6) is 0 Å². The van der Waals surface area contributed by atoms with E-state index < -0.39 is 6.10 Å². The van der Waals surface area contributed by atoms with Gasteiger partial charge in [0.05, 0.1) is 36.3 Å². The number of likely N-dealkylation sites (tertiary alicyclic amines) is 1. The van der Waals surface area contributed by atoms with Crippen LogP contribution in [0.3, 0.4) is 0 Å². The molecule has 3 N–H and O–H groups in total. The minimum Gasteiger partial charge on any atom is -0.388 e. The number of nitrogens with zero attached hydrogens (tertiary/aromatic N) is 2. The summed E-state index contributed by atoms with van der Waals surface area (Å²) >= 11 is 0. The molecule has 23 heavy (non-hydrogen) atoms. The van der Waals surface area contributed by atoms with Crippen LogP contribution in [0.1, 0.15) is 19.7 Å². The Morgan fingerprint density at radius 2 is 2.26 bits per heavy atom. The highest BCUT2D eigenvalue weighted by Gasteiger charge is 2.35. The van der Waals surface area contributed by atoms with E-state index in [2.05, 4.69) is 15.3 Å². The number of amides is 2. The van der Waals surface area contributed by atoms with Gasteiger partial charge in [0, 0.05) is 5.69 Å². The van der Waals surface area contributed by atoms with Crippen molar-refractivity contribution in [3.63, 3.8) is 0 Å². The topological polar surface area (TPSA) is 90.5 Å². The molecular formula is C16H22N4O3. The number of anilines is 1. The fourth-order valence-electron chi connectivity index (χ4n) is 2.82. The first-order valence-corrected chi connectivity index (χ1v) is 7.78. The number of imidazole rings is 1. The molecule has 1 aliphatic heterocycles. The Balaban J connectivity index is 1.66. The SMILES string of the molecule is Cc1nc2ccc(NC(=O)N3C[C@@H](O)[C@H](OC(C)C)C3)cc2[nH]1. The van der Waals surface area contributed by atoms with Crippen LogP contribution in [0.4, 0.5) is 10.5 Å². The molecule has 3 rings (SSSR count). The van der Waals surface area contributed by atoms with E-state index in [0.717, 1.165) is 16.9 Å². The van der Waals surface area contributed by atoms with Crippen molar-refractivity contribution in [2.75, 3.05) is 18.4 Å². The number of β-amino-alcohol motifs (C(OH)–C–C–N with tert-alkyl or cyclic N) is 1. The fraction of sp³-hybridized carbons (Fsp3) is 0.500. The Hall–Kier alpha value is -2.12. The van der Waals surface area contributed by atoms with Gasteiger partial charge in [0.2, 0.25) is 0 Å². The highest BCUT2D eigenvalue weighted by atomic mass is 16.5. The van der Waals surface area contributed by atoms with Crippen LogP contribution in [0, 0.1) is 6.92 Å². The summed E-state index contributed by atoms with van der Waals surface area (Å²) in [5.74, 6) is 0.833. The highest BCUT2D eigenvalue weighted by Crippen LogP contribution is 2.20. The standard InChI is InChI=1S/C16H22N4O3/c1-9(2)23-15-8-20(7-14(15)21)16(22)19-11-4-5-12-13(6-11)18-10(3)17-12/h4-6,9,14-15,21H,7-8H2,1-3H3,(H,17,18)(H,19,22)/t14-,15-/m1/s1. The molecule has 7 nitrogen and oxygen atoms in total. The lowest BCUT2D eigenvalue weighted by molar-refractivity contribution is -0.0393. The summed E-state index contributed by atoms with van der Waals surface area (Å²) in [6.07, 6.45) is -0.969. The second-order valence-corrected chi connectivity index (χ2v) is 6.18. The third-order valence-corrected chi connectivity index (χ3v) is 3.82. The number of carbonyl (C=O) groups excluding carboxylic acids is 1. The summed E-state index contributed by atoms with van der Waals surface area (Å²) in [4.78, 5) is 21.4. The lowest BCUT2D eigenvalue weighted by atomic mass is 10.2. The number of carbonyl (C=O) groups is 1. The van der Waals surface area contributed by atoms with E-state index in [4.69, 9.17) is 4.74 Å². The van der Waals surface area contributed by atoms with E-state index in [1.807, 2.05) is 39.0 Å². The number of aliphatic hydroxyl groups excluding tert-OH is 1. The van der Waals surface area contributed by atoms with Crippen molar-refractivity contribution in [3.8, 4) is 0 Å². The molecule has 1 fully saturated rings. The normalized spacial score (nSPS) is 21.3. The van der Waals surface area contributed by atoms with Crippen LogP contribution >= 0.6 is 0 Å². The maximum Gasteiger partial charge on any atom is 0.322 e. The number of aliphatic hydroxyl groups is 1. The summed E-state index contributed by atoms with van der Waals surface area (Å²) in [5, 5.41) is 12.9. The number of aromatic nitrogens is 2. The van der Waals surface area contributed by atoms with Crippen LogP contribution in [0.15, 0.2) is 18.2 Å². The van der Waals surface area contributed by atoms with Gasteiger partial charge in [0.1, 0.15) is 11.9 Å². The van der Waals surface area contributed by atoms with Gasteiger partial charge in [-0.05, 0) is 39.0 Å². The van der Waals surface area contributed by atoms with Gasteiger partial charge < -0.3 is 25.0 Å². The minimum absolute atomic E-state index is 0.0173. The second-order valence-electron chi connectivity index (χ2n) is 6.18. The van der Waals surface area contributed by atoms with Gasteiger partial charge in [-0.1, -0.05) is 0 Å². The Morgan fingerprint density at radius 1 is 1.48 bits per heavy atom. The van der Waals surface area contributed by atoms with E-state index in [0.29, 0.717) is 12.2 Å². The predicted molar refractivity (Wildman–Crippen MR) is 87.4 cm³/mol. The van der Waals surface area contributed by atoms with Crippen LogP contribution in [-0.4, -0.2) is 57.4 Å². The quantitative estimate of drug-likeness (QED) is 0.806. The summed E-state index contributed by atoms with van der Waals surface area (Å²) in [6.45, 7) is 6.37. The highest BCUT2D eigenvalue weighted by molar-refractivity contribution is 5.92. The zero-order valence-electron chi connectivity index (χ0n) is 13.5. The largest absolute Gasteiger partial charge is 0.388 e. The third-order valence-electron chi connectivity index (χ3n) is 3.82. The number of hydrogen-bond acceptors (Lipinski definition) is 4. The van der Waals surface area contributed by atoms with Crippen molar-refractivity contribution < 1.29 is 14.6 Å². The zero-order valence-corrected chi connectivity index (χ0v) is 13.5. The summed E-state index contributed by atoms with van der Waals surface area (Å²) in [7, 11) is 0. The zero-order chi connectivity index (χ0) is 16.6. The molecule has 0 aliphatic carbocycles. The third kappa shape index (κ3) is 3.46. The van der Waals surface area contributed by atoms with Crippen molar-refractivity contribution in [3.05, 3.63) is 24.0 Å². The molecule has 1 aromatic heterocycles. The summed E-state index contributed by atoms with van der Waals surface area (Å²) < 4.78 is 5.63. The summed E-state index contributed by atoms with van der Waals surface area (Å²) in [5.41, 5.74) is 2.43. The van der Waals surface area contributed by atoms with Crippen LogP contribution in [0.25, 0.3) is 11.0 Å². The Kier molecular flexibility index (Phi) is 4.23. The van der Waals surface area contributed by atoms with Crippen molar-refractivity contribution >= 4 is 22.8 Å². The number of urea groups is 1. The Labute approximate surface area is 134 Å². The van der Waals surface area contributed by atoms with Gasteiger partial charge >= 0.3 is 6.03 Å². The number of nitrogens with one attached hydrogen (secondary N) is 2. The molecule has 2 heterocycles. The van der Waals surface area contributed by atoms with Crippen LogP contribution in [-0.2, 0) is 4.74 Å². The van der Waals surface area contributed by atoms with Gasteiger partial charge in [-0.25, -0.2) is 9.78 Å². The minimum atomic E-state index is -0.652. The molecule has 0 unspecified atom stereocenters. The molecule has 0 bridgehead atoms. The Morgan fingerprint density at radius 3 is 3.00 bits per heavy atom. The molecule has 1 aromatic carbocycles. The van der Waals surface area contributed by atoms with Gasteiger partial charge in [-0.15, -0.1) is 0 Å². The first kappa shape index (κ1) is 15.8. The second kappa shape index (κ2) is 6.17. The van der Waals surface area contributed by atoms with Crippen molar-refractivity contribution in [2.24, 2.45) is 0 Å². The van der Waals surface area contributed by atoms with Gasteiger partial charge in [-0.3, -0.25) is 0 Å². The molecule has 2 aromatic rings. The summed E-state index contributed by atoms with van der Waals surface area (Å²) in [6, 6.07) is 5.28. The van der Waals surface area contributed by atoms with Crippen molar-refractivity contribution in [1.82, 2.24) is 14.9 Å². The Bertz CT molecular complexity index is 712. The van der Waals surface area contributed by atoms with Crippen molar-refractivity contribution in [2.45, 2.75) is 39.1 Å². The lowest BCUT2D eigenvalue weighted by Gasteiger charge is -2.18. The number of aromatic amines is 1. The van der Waals surface area contributed by atoms with Gasteiger partial charge in [-0.2, -0.15) is 0 Å². The number of hydrogen-bond donors (Lipinski definition) is 3. The molecule has 0 radical (unpaired) electrons. The monoisotopic (exact) mass is 318 g/mol. The molecule has 1 saturated heterocycles. The molecule has 2 atom stereocenters. The molecular weight excluding hydrogens is 296 g/mol. The maximum absolute atomic E-state index is 12.4. The first-order chi connectivity index (χ1) is 10.9. The number of ether oxygens (including phenoxy) is 1. The average molecular weight is 318 g/mol. The van der Waals surface area contributed by atoms with Crippen LogP contribution < -0.4 is 5.32 Å². The van der Waals surface area contributed by atoms with E-state index in [1.165, 1.54) is 0 Å². The van der Waals surface area contributed by atoms with Crippen LogP contribution in [0.2, 0.25) is 0 Å². The molecule has 2 amide bonds. The van der Waals surface area contributed by atoms with Gasteiger partial charge in [0.25, 0.3) is 0 Å². The van der Waals surface area contributed by atoms with E-state index in [9.17, 15) is 9.90 Å². The van der Waals surface area contributed by atoms with E-state index >= 15 is 0 Å².